The molecule has 3 rings (SSSR count). The van der Waals surface area contributed by atoms with Crippen LogP contribution in [0.4, 0.5) is 4.39 Å². The zero-order valence-corrected chi connectivity index (χ0v) is 13.5. The highest BCUT2D eigenvalue weighted by molar-refractivity contribution is 9.10. The van der Waals surface area contributed by atoms with Crippen molar-refractivity contribution >= 4 is 27.5 Å². The van der Waals surface area contributed by atoms with Crippen molar-refractivity contribution in [3.63, 3.8) is 0 Å². The standard InChI is InChI=1S/C16H14BrClFNO/c17-14-8-12(19)1-2-13(14)15(20)7-10-6-11(18)5-9-3-4-21-16(9)10/h1-2,5-6,8,15H,3-4,7,20H2. The second-order valence-corrected chi connectivity index (χ2v) is 6.42. The zero-order valence-electron chi connectivity index (χ0n) is 11.2. The Hall–Kier alpha value is -1.10. The molecule has 0 aromatic heterocycles. The van der Waals surface area contributed by atoms with Gasteiger partial charge in [0, 0.05) is 22.0 Å². The molecular formula is C16H14BrClFNO. The third kappa shape index (κ3) is 3.07. The van der Waals surface area contributed by atoms with Crippen molar-refractivity contribution in [2.24, 2.45) is 5.73 Å². The maximum Gasteiger partial charge on any atom is 0.125 e. The molecule has 110 valence electrons. The smallest absolute Gasteiger partial charge is 0.125 e. The Bertz CT molecular complexity index is 692. The highest BCUT2D eigenvalue weighted by atomic mass is 79.9. The van der Waals surface area contributed by atoms with E-state index in [0.717, 1.165) is 28.9 Å². The summed E-state index contributed by atoms with van der Waals surface area (Å²) >= 11 is 9.52. The number of hydrogen-bond donors (Lipinski definition) is 1. The highest BCUT2D eigenvalue weighted by Crippen LogP contribution is 2.35. The molecule has 2 aromatic carbocycles. The van der Waals surface area contributed by atoms with Gasteiger partial charge in [0.25, 0.3) is 0 Å². The summed E-state index contributed by atoms with van der Waals surface area (Å²) in [6.07, 6.45) is 1.46. The molecule has 2 aromatic rings. The molecule has 0 fully saturated rings. The van der Waals surface area contributed by atoms with Crippen molar-refractivity contribution in [1.82, 2.24) is 0 Å². The predicted octanol–water partition coefficient (Wildman–Crippen LogP) is 4.42. The number of nitrogens with two attached hydrogens (primary N) is 1. The number of fused-ring (bicyclic) bond motifs is 1. The quantitative estimate of drug-likeness (QED) is 0.868. The first kappa shape index (κ1) is 14.8. The molecule has 2 nitrogen and oxygen atoms in total. The molecule has 0 spiro atoms. The van der Waals surface area contributed by atoms with Gasteiger partial charge in [-0.2, -0.15) is 0 Å². The van der Waals surface area contributed by atoms with Crippen molar-refractivity contribution in [3.8, 4) is 5.75 Å². The van der Waals surface area contributed by atoms with Crippen LogP contribution in [0, 0.1) is 5.82 Å². The minimum atomic E-state index is -0.287. The molecule has 0 bridgehead atoms. The second-order valence-electron chi connectivity index (χ2n) is 5.13. The number of hydrogen-bond acceptors (Lipinski definition) is 2. The van der Waals surface area contributed by atoms with Crippen LogP contribution in [0.25, 0.3) is 0 Å². The van der Waals surface area contributed by atoms with Gasteiger partial charge in [-0.25, -0.2) is 4.39 Å². The fourth-order valence-corrected chi connectivity index (χ4v) is 3.56. The highest BCUT2D eigenvalue weighted by Gasteiger charge is 2.20. The average Bonchev–Trinajstić information content (AvgIpc) is 2.86. The number of halogens is 3. The van der Waals surface area contributed by atoms with Gasteiger partial charge in [-0.05, 0) is 47.4 Å². The molecule has 0 radical (unpaired) electrons. The van der Waals surface area contributed by atoms with Gasteiger partial charge in [-0.15, -0.1) is 0 Å². The van der Waals surface area contributed by atoms with Crippen LogP contribution < -0.4 is 10.5 Å². The molecule has 0 aliphatic carbocycles. The van der Waals surface area contributed by atoms with E-state index < -0.39 is 0 Å². The molecule has 0 amide bonds. The van der Waals surface area contributed by atoms with Crippen LogP contribution in [-0.2, 0) is 12.8 Å². The summed E-state index contributed by atoms with van der Waals surface area (Å²) in [6, 6.07) is 8.12. The maximum absolute atomic E-state index is 13.2. The van der Waals surface area contributed by atoms with E-state index in [2.05, 4.69) is 15.9 Å². The molecule has 2 N–H and O–H groups in total. The van der Waals surface area contributed by atoms with E-state index in [0.29, 0.717) is 22.5 Å². The lowest BCUT2D eigenvalue weighted by molar-refractivity contribution is 0.352. The van der Waals surface area contributed by atoms with Gasteiger partial charge in [0.15, 0.2) is 0 Å². The molecule has 1 atom stereocenters. The van der Waals surface area contributed by atoms with Crippen LogP contribution in [0.15, 0.2) is 34.8 Å². The molecule has 5 heteroatoms. The number of benzene rings is 2. The van der Waals surface area contributed by atoms with Crippen molar-refractivity contribution in [1.29, 1.82) is 0 Å². The van der Waals surface area contributed by atoms with Crippen LogP contribution in [0.5, 0.6) is 5.75 Å². The zero-order chi connectivity index (χ0) is 15.0. The minimum Gasteiger partial charge on any atom is -0.493 e. The Kier molecular flexibility index (Phi) is 4.20. The molecule has 0 saturated carbocycles. The maximum atomic E-state index is 13.2. The normalized spacial score (nSPS) is 14.7. The SMILES string of the molecule is NC(Cc1cc(Cl)cc2c1OCC2)c1ccc(F)cc1Br. The van der Waals surface area contributed by atoms with Crippen LogP contribution in [-0.4, -0.2) is 6.61 Å². The first-order valence-electron chi connectivity index (χ1n) is 6.69. The lowest BCUT2D eigenvalue weighted by atomic mass is 9.97. The summed E-state index contributed by atoms with van der Waals surface area (Å²) in [6.45, 7) is 0.679. The average molecular weight is 371 g/mol. The third-order valence-electron chi connectivity index (χ3n) is 3.63. The molecule has 1 aliphatic heterocycles. The third-order valence-corrected chi connectivity index (χ3v) is 4.53. The largest absolute Gasteiger partial charge is 0.493 e. The van der Waals surface area contributed by atoms with E-state index in [1.807, 2.05) is 12.1 Å². The lowest BCUT2D eigenvalue weighted by Gasteiger charge is -2.16. The van der Waals surface area contributed by atoms with E-state index in [9.17, 15) is 4.39 Å². The van der Waals surface area contributed by atoms with Gasteiger partial charge >= 0.3 is 0 Å². The Balaban J connectivity index is 1.90. The summed E-state index contributed by atoms with van der Waals surface area (Å²) in [5.41, 5.74) is 9.26. The van der Waals surface area contributed by atoms with E-state index in [1.165, 1.54) is 12.1 Å². The monoisotopic (exact) mass is 369 g/mol. The van der Waals surface area contributed by atoms with Gasteiger partial charge in [-0.1, -0.05) is 33.6 Å². The van der Waals surface area contributed by atoms with Crippen LogP contribution in [0.3, 0.4) is 0 Å². The van der Waals surface area contributed by atoms with Crippen molar-refractivity contribution in [2.45, 2.75) is 18.9 Å². The van der Waals surface area contributed by atoms with Gasteiger partial charge < -0.3 is 10.5 Å². The van der Waals surface area contributed by atoms with Gasteiger partial charge in [0.05, 0.1) is 6.61 Å². The second kappa shape index (κ2) is 5.95. The Labute approximate surface area is 136 Å². The molecule has 1 unspecified atom stereocenters. The van der Waals surface area contributed by atoms with E-state index in [4.69, 9.17) is 22.1 Å². The van der Waals surface area contributed by atoms with Crippen LogP contribution >= 0.6 is 27.5 Å². The van der Waals surface area contributed by atoms with Gasteiger partial charge in [-0.3, -0.25) is 0 Å². The van der Waals surface area contributed by atoms with Gasteiger partial charge in [0.1, 0.15) is 11.6 Å². The summed E-state index contributed by atoms with van der Waals surface area (Å²) < 4.78 is 19.5. The summed E-state index contributed by atoms with van der Waals surface area (Å²) in [7, 11) is 0. The van der Waals surface area contributed by atoms with Gasteiger partial charge in [0.2, 0.25) is 0 Å². The van der Waals surface area contributed by atoms with Crippen molar-refractivity contribution in [2.75, 3.05) is 6.61 Å². The summed E-state index contributed by atoms with van der Waals surface area (Å²) in [4.78, 5) is 0. The number of ether oxygens (including phenoxy) is 1. The van der Waals surface area contributed by atoms with E-state index >= 15 is 0 Å². The Morgan fingerprint density at radius 2 is 2.14 bits per heavy atom. The molecule has 1 aliphatic rings. The van der Waals surface area contributed by atoms with Crippen molar-refractivity contribution in [3.05, 3.63) is 62.3 Å². The minimum absolute atomic E-state index is 0.258. The fraction of sp³-hybridized carbons (Fsp3) is 0.250. The Morgan fingerprint density at radius 1 is 1.33 bits per heavy atom. The molecule has 21 heavy (non-hydrogen) atoms. The van der Waals surface area contributed by atoms with Crippen molar-refractivity contribution < 1.29 is 9.13 Å². The first-order chi connectivity index (χ1) is 10.0. The lowest BCUT2D eigenvalue weighted by Crippen LogP contribution is -2.14. The number of rotatable bonds is 3. The van der Waals surface area contributed by atoms with E-state index in [1.54, 1.807) is 6.07 Å². The molecule has 1 heterocycles. The first-order valence-corrected chi connectivity index (χ1v) is 7.86. The van der Waals surface area contributed by atoms with Crippen LogP contribution in [0.1, 0.15) is 22.7 Å². The predicted molar refractivity (Wildman–Crippen MR) is 85.4 cm³/mol. The van der Waals surface area contributed by atoms with Crippen LogP contribution in [0.2, 0.25) is 5.02 Å². The summed E-state index contributed by atoms with van der Waals surface area (Å²) in [5.74, 6) is 0.609. The summed E-state index contributed by atoms with van der Waals surface area (Å²) in [5, 5.41) is 0.694. The molecular weight excluding hydrogens is 357 g/mol. The Morgan fingerprint density at radius 3 is 2.90 bits per heavy atom. The molecule has 0 saturated heterocycles. The topological polar surface area (TPSA) is 35.2 Å². The fourth-order valence-electron chi connectivity index (χ4n) is 2.65. The van der Waals surface area contributed by atoms with E-state index in [-0.39, 0.29) is 11.9 Å².